The second-order valence-electron chi connectivity index (χ2n) is 11.2. The van der Waals surface area contributed by atoms with E-state index in [1.807, 2.05) is 0 Å². The van der Waals surface area contributed by atoms with Crippen molar-refractivity contribution >= 4 is 13.1 Å². The minimum atomic E-state index is -4.28. The van der Waals surface area contributed by atoms with Gasteiger partial charge in [0.25, 0.3) is 5.52 Å². The number of carbonyl (C=O) groups is 1. The van der Waals surface area contributed by atoms with Crippen LogP contribution >= 0.6 is 7.60 Å². The summed E-state index contributed by atoms with van der Waals surface area (Å²) in [6.07, 6.45) is 4.89. The molecule has 0 radical (unpaired) electrons. The van der Waals surface area contributed by atoms with E-state index < -0.39 is 18.9 Å². The quantitative estimate of drug-likeness (QED) is 0.353. The van der Waals surface area contributed by atoms with E-state index in [2.05, 4.69) is 41.5 Å². The van der Waals surface area contributed by atoms with Gasteiger partial charge in [-0.25, -0.2) is 4.39 Å². The Morgan fingerprint density at radius 3 is 1.76 bits per heavy atom. The van der Waals surface area contributed by atoms with Crippen LogP contribution in [0.5, 0.6) is 0 Å². The van der Waals surface area contributed by atoms with Crippen LogP contribution < -0.4 is 0 Å². The van der Waals surface area contributed by atoms with Crippen LogP contribution in [0.25, 0.3) is 0 Å². The number of halogens is 1. The topological polar surface area (TPSA) is 52.6 Å². The molecule has 0 aromatic heterocycles. The zero-order valence-corrected chi connectivity index (χ0v) is 22.0. The summed E-state index contributed by atoms with van der Waals surface area (Å²) in [7, 11) is -4.28. The molecular weight excluding hydrogens is 438 g/mol. The Bertz CT molecular complexity index is 816. The highest BCUT2D eigenvalue weighted by atomic mass is 31.2. The molecule has 1 aromatic rings. The molecule has 0 amide bonds. The van der Waals surface area contributed by atoms with Gasteiger partial charge in [0.1, 0.15) is 5.82 Å². The molecule has 6 heteroatoms. The number of benzene rings is 1. The highest BCUT2D eigenvalue weighted by Gasteiger charge is 2.47. The molecule has 4 nitrogen and oxygen atoms in total. The summed E-state index contributed by atoms with van der Waals surface area (Å²) in [4.78, 5) is 13.6. The van der Waals surface area contributed by atoms with Crippen molar-refractivity contribution in [3.8, 4) is 0 Å². The van der Waals surface area contributed by atoms with Gasteiger partial charge in [-0.15, -0.1) is 0 Å². The predicted molar refractivity (Wildman–Crippen MR) is 131 cm³/mol. The summed E-state index contributed by atoms with van der Waals surface area (Å²) in [5, 5.41) is 0. The molecule has 0 saturated heterocycles. The number of carbonyl (C=O) groups excluding carboxylic acids is 1. The van der Waals surface area contributed by atoms with Crippen LogP contribution in [0.1, 0.15) is 90.4 Å². The van der Waals surface area contributed by atoms with Gasteiger partial charge in [0.15, 0.2) is 0 Å². The largest absolute Gasteiger partial charge is 0.402 e. The molecule has 0 heterocycles. The van der Waals surface area contributed by atoms with Gasteiger partial charge in [-0.05, 0) is 73.3 Å². The van der Waals surface area contributed by atoms with Gasteiger partial charge in [0, 0.05) is 0 Å². The second-order valence-corrected chi connectivity index (χ2v) is 13.0. The maximum absolute atomic E-state index is 14.6. The molecule has 186 valence electrons. The van der Waals surface area contributed by atoms with Crippen molar-refractivity contribution in [3.63, 3.8) is 0 Å². The van der Waals surface area contributed by atoms with Gasteiger partial charge in [-0.2, -0.15) is 0 Å². The lowest BCUT2D eigenvalue weighted by atomic mass is 9.75. The summed E-state index contributed by atoms with van der Waals surface area (Å²) in [5.74, 6) is 1.19. The van der Waals surface area contributed by atoms with Crippen molar-refractivity contribution < 1.29 is 22.8 Å². The zero-order chi connectivity index (χ0) is 24.3. The average Bonchev–Trinajstić information content (AvgIpc) is 2.73. The van der Waals surface area contributed by atoms with E-state index in [0.29, 0.717) is 23.7 Å². The molecule has 33 heavy (non-hydrogen) atoms. The van der Waals surface area contributed by atoms with Crippen molar-refractivity contribution in [1.29, 1.82) is 0 Å². The van der Waals surface area contributed by atoms with Crippen molar-refractivity contribution in [2.24, 2.45) is 35.5 Å². The monoisotopic (exact) mass is 480 g/mol. The Morgan fingerprint density at radius 2 is 1.33 bits per heavy atom. The molecule has 0 aliphatic heterocycles. The lowest BCUT2D eigenvalue weighted by Crippen LogP contribution is -2.37. The summed E-state index contributed by atoms with van der Waals surface area (Å²) < 4.78 is 41.6. The highest BCUT2D eigenvalue weighted by Crippen LogP contribution is 2.58. The van der Waals surface area contributed by atoms with Crippen LogP contribution in [-0.2, 0) is 13.6 Å². The number of rotatable bonds is 8. The van der Waals surface area contributed by atoms with Crippen molar-refractivity contribution in [2.75, 3.05) is 0 Å². The van der Waals surface area contributed by atoms with Crippen molar-refractivity contribution in [1.82, 2.24) is 0 Å². The van der Waals surface area contributed by atoms with Gasteiger partial charge >= 0.3 is 7.60 Å². The molecule has 2 saturated carbocycles. The lowest BCUT2D eigenvalue weighted by molar-refractivity contribution is -0.00307. The van der Waals surface area contributed by atoms with Gasteiger partial charge in [-0.3, -0.25) is 18.4 Å². The Hall–Kier alpha value is -1.03. The number of hydrogen-bond donors (Lipinski definition) is 0. The van der Waals surface area contributed by atoms with Gasteiger partial charge < -0.3 is 0 Å². The number of hydrogen-bond acceptors (Lipinski definition) is 4. The Morgan fingerprint density at radius 1 is 0.879 bits per heavy atom. The van der Waals surface area contributed by atoms with Crippen molar-refractivity contribution in [2.45, 2.75) is 92.3 Å². The van der Waals surface area contributed by atoms with Crippen LogP contribution in [0.15, 0.2) is 24.3 Å². The Labute approximate surface area is 199 Å². The fourth-order valence-corrected chi connectivity index (χ4v) is 7.65. The first-order valence-electron chi connectivity index (χ1n) is 12.8. The van der Waals surface area contributed by atoms with Gasteiger partial charge in [0.05, 0.1) is 17.8 Å². The van der Waals surface area contributed by atoms with E-state index in [9.17, 15) is 13.8 Å². The third-order valence-electron chi connectivity index (χ3n) is 7.82. The molecule has 1 aromatic carbocycles. The molecule has 6 atom stereocenters. The molecular formula is C27H42FO4P. The van der Waals surface area contributed by atoms with E-state index in [4.69, 9.17) is 9.05 Å². The van der Waals surface area contributed by atoms with Crippen LogP contribution in [-0.4, -0.2) is 17.7 Å². The second kappa shape index (κ2) is 11.1. The fraction of sp³-hybridized carbons (Fsp3) is 0.741. The Kier molecular flexibility index (Phi) is 8.97. The summed E-state index contributed by atoms with van der Waals surface area (Å²) in [6, 6.07) is 5.70. The minimum Gasteiger partial charge on any atom is -0.299 e. The first-order valence-corrected chi connectivity index (χ1v) is 14.3. The zero-order valence-electron chi connectivity index (χ0n) is 21.1. The van der Waals surface area contributed by atoms with E-state index in [-0.39, 0.29) is 29.6 Å². The maximum atomic E-state index is 14.6. The standard InChI is InChI=1S/C27H42FO4P/c1-17(2)21-13-11-19(5)15-25(21)31-33(30,27(29)23-9-7-8-10-24(23)28)32-26-16-20(6)12-14-22(26)18(3)4/h7-10,17-22,25-26H,11-16H2,1-6H3/t19-,20-,21+,22+,25-,26-/m1/s1. The van der Waals surface area contributed by atoms with Crippen LogP contribution in [0, 0.1) is 41.3 Å². The minimum absolute atomic E-state index is 0.192. The Balaban J connectivity index is 1.97. The third kappa shape index (κ3) is 6.35. The molecule has 0 bridgehead atoms. The van der Waals surface area contributed by atoms with Crippen LogP contribution in [0.3, 0.4) is 0 Å². The summed E-state index contributed by atoms with van der Waals surface area (Å²) in [5.41, 5.74) is -1.06. The maximum Gasteiger partial charge on any atom is 0.402 e. The third-order valence-corrected chi connectivity index (χ3v) is 9.66. The average molecular weight is 481 g/mol. The predicted octanol–water partition coefficient (Wildman–Crippen LogP) is 8.11. The molecule has 2 aliphatic rings. The summed E-state index contributed by atoms with van der Waals surface area (Å²) >= 11 is 0. The fourth-order valence-electron chi connectivity index (χ4n) is 5.73. The van der Waals surface area contributed by atoms with E-state index in [1.165, 1.54) is 18.2 Å². The van der Waals surface area contributed by atoms with Crippen LogP contribution in [0.4, 0.5) is 4.39 Å². The molecule has 0 spiro atoms. The van der Waals surface area contributed by atoms with E-state index in [1.54, 1.807) is 6.07 Å². The lowest BCUT2D eigenvalue weighted by Gasteiger charge is -2.41. The highest BCUT2D eigenvalue weighted by molar-refractivity contribution is 7.72. The van der Waals surface area contributed by atoms with Crippen LogP contribution in [0.2, 0.25) is 0 Å². The molecule has 2 aliphatic carbocycles. The van der Waals surface area contributed by atoms with Crippen molar-refractivity contribution in [3.05, 3.63) is 35.6 Å². The van der Waals surface area contributed by atoms with E-state index >= 15 is 0 Å². The molecule has 2 fully saturated rings. The molecule has 3 rings (SSSR count). The normalized spacial score (nSPS) is 31.2. The van der Waals surface area contributed by atoms with Gasteiger partial charge in [0.2, 0.25) is 0 Å². The van der Waals surface area contributed by atoms with Gasteiger partial charge in [-0.1, -0.05) is 66.5 Å². The smallest absolute Gasteiger partial charge is 0.299 e. The summed E-state index contributed by atoms with van der Waals surface area (Å²) in [6.45, 7) is 12.9. The molecule has 0 unspecified atom stereocenters. The first kappa shape index (κ1) is 26.6. The van der Waals surface area contributed by atoms with E-state index in [0.717, 1.165) is 38.5 Å². The first-order chi connectivity index (χ1) is 15.5. The SMILES string of the molecule is CC(C)[C@@H]1CC[C@@H](C)C[C@H]1OP(=O)(O[C@@H]1C[C@H](C)CC[C@H]1C(C)C)C(=O)c1ccccc1F. The molecule has 0 N–H and O–H groups in total.